The topological polar surface area (TPSA) is 50.8 Å². The highest BCUT2D eigenvalue weighted by Gasteiger charge is 2.38. The van der Waals surface area contributed by atoms with Crippen LogP contribution in [0.4, 0.5) is 0 Å². The van der Waals surface area contributed by atoms with Crippen molar-refractivity contribution in [2.24, 2.45) is 0 Å². The molecular weight excluding hydrogens is 256 g/mol. The first-order chi connectivity index (χ1) is 9.26. The van der Waals surface area contributed by atoms with Gasteiger partial charge in [-0.2, -0.15) is 0 Å². The molecule has 118 valence electrons. The Balaban J connectivity index is 2.75. The largest absolute Gasteiger partial charge is 0.465 e. The summed E-state index contributed by atoms with van der Waals surface area (Å²) in [6.07, 6.45) is 0.397. The smallest absolute Gasteiger partial charge is 0.327 e. The van der Waals surface area contributed by atoms with Crippen molar-refractivity contribution in [1.29, 1.82) is 0 Å². The summed E-state index contributed by atoms with van der Waals surface area (Å²) in [6, 6.07) is 0.222. The molecule has 5 nitrogen and oxygen atoms in total. The van der Waals surface area contributed by atoms with E-state index in [-0.39, 0.29) is 24.2 Å². The number of nitrogens with one attached hydrogen (secondary N) is 1. The fourth-order valence-electron chi connectivity index (χ4n) is 2.96. The Morgan fingerprint density at radius 3 is 2.40 bits per heavy atom. The summed E-state index contributed by atoms with van der Waals surface area (Å²) in [5, 5.41) is 3.36. The SMILES string of the molecule is CCOC(=O)C(C)(CN1CC(C)OC(C)C1)NC(C)C. The third kappa shape index (κ3) is 5.04. The first kappa shape index (κ1) is 17.4. The van der Waals surface area contributed by atoms with E-state index in [0.717, 1.165) is 13.1 Å². The molecule has 0 aliphatic carbocycles. The maximum Gasteiger partial charge on any atom is 0.327 e. The Bertz CT molecular complexity index is 312. The maximum absolute atomic E-state index is 12.3. The highest BCUT2D eigenvalue weighted by Crippen LogP contribution is 2.16. The van der Waals surface area contributed by atoms with E-state index in [1.54, 1.807) is 0 Å². The standard InChI is InChI=1S/C15H30N2O3/c1-7-19-14(18)15(6,16-11(2)3)10-17-8-12(4)20-13(5)9-17/h11-13,16H,7-10H2,1-6H3. The second kappa shape index (κ2) is 7.38. The molecule has 1 aliphatic heterocycles. The third-order valence-electron chi connectivity index (χ3n) is 3.37. The van der Waals surface area contributed by atoms with Crippen LogP contribution in [0, 0.1) is 0 Å². The van der Waals surface area contributed by atoms with E-state index < -0.39 is 5.54 Å². The zero-order chi connectivity index (χ0) is 15.3. The van der Waals surface area contributed by atoms with Gasteiger partial charge < -0.3 is 9.47 Å². The van der Waals surface area contributed by atoms with E-state index in [1.165, 1.54) is 0 Å². The van der Waals surface area contributed by atoms with Crippen molar-refractivity contribution in [2.75, 3.05) is 26.2 Å². The second-order valence-electron chi connectivity index (χ2n) is 6.30. The third-order valence-corrected chi connectivity index (χ3v) is 3.37. The van der Waals surface area contributed by atoms with Crippen LogP contribution in [0.2, 0.25) is 0 Å². The summed E-state index contributed by atoms with van der Waals surface area (Å²) in [5.74, 6) is -0.180. The van der Waals surface area contributed by atoms with Gasteiger partial charge in [0.1, 0.15) is 5.54 Å². The number of rotatable bonds is 6. The van der Waals surface area contributed by atoms with Gasteiger partial charge in [-0.15, -0.1) is 0 Å². The maximum atomic E-state index is 12.3. The molecule has 0 spiro atoms. The molecular formula is C15H30N2O3. The number of morpholine rings is 1. The van der Waals surface area contributed by atoms with Crippen molar-refractivity contribution in [3.63, 3.8) is 0 Å². The molecule has 0 aromatic rings. The molecule has 20 heavy (non-hydrogen) atoms. The minimum atomic E-state index is -0.680. The van der Waals surface area contributed by atoms with E-state index in [1.807, 2.05) is 27.7 Å². The Morgan fingerprint density at radius 1 is 1.40 bits per heavy atom. The van der Waals surface area contributed by atoms with Gasteiger partial charge in [0.05, 0.1) is 18.8 Å². The zero-order valence-corrected chi connectivity index (χ0v) is 13.7. The summed E-state index contributed by atoms with van der Waals surface area (Å²) in [6.45, 7) is 14.7. The van der Waals surface area contributed by atoms with Crippen LogP contribution in [0.3, 0.4) is 0 Å². The van der Waals surface area contributed by atoms with Crippen LogP contribution < -0.4 is 5.32 Å². The van der Waals surface area contributed by atoms with E-state index >= 15 is 0 Å². The molecule has 1 fully saturated rings. The summed E-state index contributed by atoms with van der Waals surface area (Å²) < 4.78 is 11.0. The van der Waals surface area contributed by atoms with Crippen LogP contribution in [-0.2, 0) is 14.3 Å². The number of esters is 1. The lowest BCUT2D eigenvalue weighted by atomic mass is 9.99. The highest BCUT2D eigenvalue weighted by atomic mass is 16.5. The van der Waals surface area contributed by atoms with E-state index in [0.29, 0.717) is 13.2 Å². The Hall–Kier alpha value is -0.650. The minimum Gasteiger partial charge on any atom is -0.465 e. The summed E-state index contributed by atoms with van der Waals surface area (Å²) in [4.78, 5) is 14.6. The number of hydrogen-bond acceptors (Lipinski definition) is 5. The van der Waals surface area contributed by atoms with Crippen LogP contribution in [0.15, 0.2) is 0 Å². The average Bonchev–Trinajstić information content (AvgIpc) is 2.26. The monoisotopic (exact) mass is 286 g/mol. The molecule has 0 saturated carbocycles. The molecule has 3 atom stereocenters. The van der Waals surface area contributed by atoms with Crippen molar-refractivity contribution < 1.29 is 14.3 Å². The van der Waals surface area contributed by atoms with Gasteiger partial charge in [-0.1, -0.05) is 0 Å². The normalized spacial score (nSPS) is 27.4. The number of nitrogens with zero attached hydrogens (tertiary/aromatic N) is 1. The average molecular weight is 286 g/mol. The van der Waals surface area contributed by atoms with Crippen molar-refractivity contribution in [1.82, 2.24) is 10.2 Å². The first-order valence-corrected chi connectivity index (χ1v) is 7.59. The van der Waals surface area contributed by atoms with Gasteiger partial charge in [0.15, 0.2) is 0 Å². The molecule has 1 heterocycles. The van der Waals surface area contributed by atoms with E-state index in [4.69, 9.17) is 9.47 Å². The molecule has 0 aromatic heterocycles. The summed E-state index contributed by atoms with van der Waals surface area (Å²) in [5.41, 5.74) is -0.680. The minimum absolute atomic E-state index is 0.180. The molecule has 0 aromatic carbocycles. The van der Waals surface area contributed by atoms with Crippen molar-refractivity contribution in [3.8, 4) is 0 Å². The number of hydrogen-bond donors (Lipinski definition) is 1. The number of carbonyl (C=O) groups is 1. The van der Waals surface area contributed by atoms with Gasteiger partial charge in [0, 0.05) is 25.7 Å². The molecule has 5 heteroatoms. The lowest BCUT2D eigenvalue weighted by Gasteiger charge is -2.40. The molecule has 0 amide bonds. The van der Waals surface area contributed by atoms with Crippen LogP contribution in [-0.4, -0.2) is 60.9 Å². The first-order valence-electron chi connectivity index (χ1n) is 7.59. The van der Waals surface area contributed by atoms with Gasteiger partial charge in [0.2, 0.25) is 0 Å². The Labute approximate surface area is 123 Å². The van der Waals surface area contributed by atoms with Crippen molar-refractivity contribution >= 4 is 5.97 Å². The molecule has 1 saturated heterocycles. The summed E-state index contributed by atoms with van der Waals surface area (Å²) in [7, 11) is 0. The highest BCUT2D eigenvalue weighted by molar-refractivity contribution is 5.80. The fourth-order valence-corrected chi connectivity index (χ4v) is 2.96. The van der Waals surface area contributed by atoms with E-state index in [2.05, 4.69) is 24.1 Å². The van der Waals surface area contributed by atoms with Gasteiger partial charge in [-0.05, 0) is 41.5 Å². The predicted octanol–water partition coefficient (Wildman–Crippen LogP) is 1.42. The number of carbonyl (C=O) groups excluding carboxylic acids is 1. The Kier molecular flexibility index (Phi) is 6.43. The van der Waals surface area contributed by atoms with Crippen LogP contribution in [0.5, 0.6) is 0 Å². The van der Waals surface area contributed by atoms with Crippen LogP contribution in [0.25, 0.3) is 0 Å². The molecule has 1 rings (SSSR count). The summed E-state index contributed by atoms with van der Waals surface area (Å²) >= 11 is 0. The predicted molar refractivity (Wildman–Crippen MR) is 79.8 cm³/mol. The van der Waals surface area contributed by atoms with Gasteiger partial charge in [-0.25, -0.2) is 0 Å². The zero-order valence-electron chi connectivity index (χ0n) is 13.7. The van der Waals surface area contributed by atoms with Crippen LogP contribution in [0.1, 0.15) is 41.5 Å². The lowest BCUT2D eigenvalue weighted by Crippen LogP contribution is -2.61. The molecule has 3 unspecified atom stereocenters. The lowest BCUT2D eigenvalue weighted by molar-refractivity contribution is -0.153. The Morgan fingerprint density at radius 2 is 1.95 bits per heavy atom. The van der Waals surface area contributed by atoms with Gasteiger partial charge >= 0.3 is 5.97 Å². The van der Waals surface area contributed by atoms with Gasteiger partial charge in [0.25, 0.3) is 0 Å². The quantitative estimate of drug-likeness (QED) is 0.748. The van der Waals surface area contributed by atoms with E-state index in [9.17, 15) is 4.79 Å². The van der Waals surface area contributed by atoms with Crippen molar-refractivity contribution in [3.05, 3.63) is 0 Å². The molecule has 1 N–H and O–H groups in total. The molecule has 1 aliphatic rings. The molecule has 0 bridgehead atoms. The van der Waals surface area contributed by atoms with Crippen LogP contribution >= 0.6 is 0 Å². The second-order valence-corrected chi connectivity index (χ2v) is 6.30. The number of ether oxygens (including phenoxy) is 2. The van der Waals surface area contributed by atoms with Gasteiger partial charge in [-0.3, -0.25) is 15.0 Å². The fraction of sp³-hybridized carbons (Fsp3) is 0.933. The van der Waals surface area contributed by atoms with Crippen molar-refractivity contribution in [2.45, 2.75) is 65.3 Å². The molecule has 0 radical (unpaired) electrons.